The minimum Gasteiger partial charge on any atom is -0.449 e. The normalized spacial score (nSPS) is 12.8. The number of halogens is 4. The van der Waals surface area contributed by atoms with Gasteiger partial charge in [-0.3, -0.25) is 0 Å². The van der Waals surface area contributed by atoms with Crippen molar-refractivity contribution in [3.63, 3.8) is 0 Å². The molecule has 0 radical (unpaired) electrons. The highest BCUT2D eigenvalue weighted by Crippen LogP contribution is 2.23. The van der Waals surface area contributed by atoms with Crippen molar-refractivity contribution in [3.8, 4) is 0 Å². The molecule has 0 fully saturated rings. The molecule has 0 spiro atoms. The summed E-state index contributed by atoms with van der Waals surface area (Å²) in [4.78, 5) is -0.859. The van der Waals surface area contributed by atoms with E-state index in [2.05, 4.69) is 0 Å². The molecule has 0 bridgehead atoms. The van der Waals surface area contributed by atoms with Gasteiger partial charge in [-0.15, -0.1) is 3.89 Å². The van der Waals surface area contributed by atoms with Crippen LogP contribution in [-0.2, 0) is 16.5 Å². The van der Waals surface area contributed by atoms with Gasteiger partial charge in [0.2, 0.25) is 0 Å². The van der Waals surface area contributed by atoms with Gasteiger partial charge in [0.1, 0.15) is 4.90 Å². The Labute approximate surface area is 89.5 Å². The van der Waals surface area contributed by atoms with Crippen LogP contribution in [-0.4, -0.2) is 15.4 Å². The first-order valence-electron chi connectivity index (χ1n) is 4.13. The van der Waals surface area contributed by atoms with Crippen LogP contribution in [0, 0.1) is 0 Å². The average Bonchev–Trinajstić information content (AvgIpc) is 1.97. The Morgan fingerprint density at radius 1 is 1.19 bits per heavy atom. The lowest BCUT2D eigenvalue weighted by atomic mass is 9.82. The van der Waals surface area contributed by atoms with E-state index < -0.39 is 28.4 Å². The van der Waals surface area contributed by atoms with Crippen LogP contribution in [0.15, 0.2) is 23.1 Å². The predicted molar refractivity (Wildman–Crippen MR) is 51.9 cm³/mol. The zero-order chi connectivity index (χ0) is 12.6. The summed E-state index contributed by atoms with van der Waals surface area (Å²) >= 11 is 0. The second-order valence-corrected chi connectivity index (χ2v) is 4.61. The number of anilines is 1. The Kier molecular flexibility index (Phi) is 3.18. The summed E-state index contributed by atoms with van der Waals surface area (Å²) in [6.45, 7) is -5.12. The molecule has 2 N–H and O–H groups in total. The SMILES string of the molecule is Nc1cc(C[B-](F)(F)F)cc(S(=O)(=O)F)c1. The van der Waals surface area contributed by atoms with Gasteiger partial charge in [-0.1, -0.05) is 11.9 Å². The van der Waals surface area contributed by atoms with Crippen molar-refractivity contribution in [2.24, 2.45) is 0 Å². The Hall–Kier alpha value is -1.25. The van der Waals surface area contributed by atoms with Gasteiger partial charge in [-0.05, 0) is 18.2 Å². The first-order chi connectivity index (χ1) is 7.08. The highest BCUT2D eigenvalue weighted by Gasteiger charge is 2.24. The van der Waals surface area contributed by atoms with Gasteiger partial charge in [0.25, 0.3) is 0 Å². The molecule has 0 heterocycles. The van der Waals surface area contributed by atoms with E-state index in [4.69, 9.17) is 5.73 Å². The maximum Gasteiger partial charge on any atom is 0.482 e. The fraction of sp³-hybridized carbons (Fsp3) is 0.143. The maximum absolute atomic E-state index is 12.6. The fourth-order valence-electron chi connectivity index (χ4n) is 1.21. The number of rotatable bonds is 3. The smallest absolute Gasteiger partial charge is 0.449 e. The molecule has 1 aromatic carbocycles. The zero-order valence-electron chi connectivity index (χ0n) is 7.83. The molecule has 0 unspecified atom stereocenters. The van der Waals surface area contributed by atoms with Crippen LogP contribution < -0.4 is 5.73 Å². The molecule has 0 aromatic heterocycles. The highest BCUT2D eigenvalue weighted by atomic mass is 32.3. The molecule has 0 saturated carbocycles. The molecule has 0 aliphatic heterocycles. The fourth-order valence-corrected chi connectivity index (χ4v) is 1.78. The molecule has 0 saturated heterocycles. The maximum atomic E-state index is 12.6. The zero-order valence-corrected chi connectivity index (χ0v) is 8.65. The molecule has 0 aliphatic rings. The Morgan fingerprint density at radius 2 is 1.75 bits per heavy atom. The summed E-state index contributed by atoms with van der Waals surface area (Å²) in [6.07, 6.45) is -1.30. The van der Waals surface area contributed by atoms with Crippen molar-refractivity contribution in [2.45, 2.75) is 11.2 Å². The van der Waals surface area contributed by atoms with Crippen LogP contribution in [0.2, 0.25) is 0 Å². The first kappa shape index (κ1) is 12.8. The minimum atomic E-state index is -5.12. The molecule has 3 nitrogen and oxygen atoms in total. The van der Waals surface area contributed by atoms with Crippen LogP contribution in [0.1, 0.15) is 5.56 Å². The van der Waals surface area contributed by atoms with E-state index in [-0.39, 0.29) is 11.3 Å². The quantitative estimate of drug-likeness (QED) is 0.388. The monoisotopic (exact) mass is 256 g/mol. The number of nitrogen functional groups attached to an aromatic ring is 1. The third-order valence-electron chi connectivity index (χ3n) is 1.74. The summed E-state index contributed by atoms with van der Waals surface area (Å²) in [5.41, 5.74) is 4.58. The molecule has 0 atom stereocenters. The molecule has 0 amide bonds. The summed E-state index contributed by atoms with van der Waals surface area (Å²) in [7, 11) is -5.04. The standard InChI is InChI=1S/C7H7BF4NO2S/c9-8(10,11)4-5-1-6(13)3-7(2-5)16(12,14)15/h1-3H,4,13H2/q-1. The molecule has 9 heteroatoms. The number of hydrogen-bond donors (Lipinski definition) is 1. The van der Waals surface area contributed by atoms with Crippen molar-refractivity contribution in [1.29, 1.82) is 0 Å². The van der Waals surface area contributed by atoms with E-state index in [0.717, 1.165) is 12.1 Å². The van der Waals surface area contributed by atoms with Gasteiger partial charge in [-0.2, -0.15) is 8.42 Å². The van der Waals surface area contributed by atoms with Crippen LogP contribution in [0.25, 0.3) is 0 Å². The van der Waals surface area contributed by atoms with Crippen molar-refractivity contribution in [2.75, 3.05) is 5.73 Å². The third-order valence-corrected chi connectivity index (χ3v) is 2.54. The summed E-state index contributed by atoms with van der Waals surface area (Å²) in [6, 6.07) is 2.35. The van der Waals surface area contributed by atoms with E-state index in [1.165, 1.54) is 0 Å². The lowest BCUT2D eigenvalue weighted by Crippen LogP contribution is -2.19. The molecule has 16 heavy (non-hydrogen) atoms. The molecule has 1 rings (SSSR count). The van der Waals surface area contributed by atoms with Gasteiger partial charge in [0.15, 0.2) is 0 Å². The number of nitrogens with two attached hydrogens (primary N) is 1. The van der Waals surface area contributed by atoms with Crippen molar-refractivity contribution in [1.82, 2.24) is 0 Å². The summed E-state index contributed by atoms with van der Waals surface area (Å²) < 4.78 is 69.8. The number of benzene rings is 1. The van der Waals surface area contributed by atoms with E-state index in [1.54, 1.807) is 0 Å². The van der Waals surface area contributed by atoms with E-state index >= 15 is 0 Å². The highest BCUT2D eigenvalue weighted by molar-refractivity contribution is 7.86. The van der Waals surface area contributed by atoms with Crippen LogP contribution in [0.3, 0.4) is 0 Å². The van der Waals surface area contributed by atoms with E-state index in [0.29, 0.717) is 6.07 Å². The average molecular weight is 256 g/mol. The molecular weight excluding hydrogens is 249 g/mol. The third kappa shape index (κ3) is 3.72. The summed E-state index contributed by atoms with van der Waals surface area (Å²) in [5.74, 6) is 0. The Morgan fingerprint density at radius 3 is 2.19 bits per heavy atom. The van der Waals surface area contributed by atoms with Crippen molar-refractivity contribution >= 4 is 22.9 Å². The Bertz CT molecular complexity index is 500. The van der Waals surface area contributed by atoms with Gasteiger partial charge in [0, 0.05) is 5.69 Å². The molecule has 90 valence electrons. The number of hydrogen-bond acceptors (Lipinski definition) is 3. The second-order valence-electron chi connectivity index (χ2n) is 3.26. The summed E-state index contributed by atoms with van der Waals surface area (Å²) in [5, 5.41) is 0. The lowest BCUT2D eigenvalue weighted by Gasteiger charge is -2.14. The molecule has 0 aliphatic carbocycles. The predicted octanol–water partition coefficient (Wildman–Crippen LogP) is 1.86. The van der Waals surface area contributed by atoms with E-state index in [1.807, 2.05) is 0 Å². The van der Waals surface area contributed by atoms with Crippen molar-refractivity contribution in [3.05, 3.63) is 23.8 Å². The van der Waals surface area contributed by atoms with Crippen molar-refractivity contribution < 1.29 is 25.3 Å². The van der Waals surface area contributed by atoms with Gasteiger partial charge >= 0.3 is 17.2 Å². The topological polar surface area (TPSA) is 60.2 Å². The van der Waals surface area contributed by atoms with Gasteiger partial charge < -0.3 is 18.7 Å². The largest absolute Gasteiger partial charge is 0.482 e. The van der Waals surface area contributed by atoms with Gasteiger partial charge in [-0.25, -0.2) is 0 Å². The van der Waals surface area contributed by atoms with E-state index in [9.17, 15) is 25.3 Å². The second kappa shape index (κ2) is 3.97. The van der Waals surface area contributed by atoms with Gasteiger partial charge in [0.05, 0.1) is 0 Å². The molecule has 1 aromatic rings. The first-order valence-corrected chi connectivity index (χ1v) is 5.51. The van der Waals surface area contributed by atoms with Crippen LogP contribution >= 0.6 is 0 Å². The Balaban J connectivity index is 3.19. The van der Waals surface area contributed by atoms with Crippen LogP contribution in [0.4, 0.5) is 22.5 Å². The minimum absolute atomic E-state index is 0.228. The molecular formula is C7H7BF4NO2S-. The lowest BCUT2D eigenvalue weighted by molar-refractivity contribution is 0.468. The van der Waals surface area contributed by atoms with Crippen LogP contribution in [0.5, 0.6) is 0 Å².